The van der Waals surface area contributed by atoms with Crippen LogP contribution in [0.1, 0.15) is 30.6 Å². The molecule has 134 valence electrons. The summed E-state index contributed by atoms with van der Waals surface area (Å²) in [6.07, 6.45) is 0.818. The number of thiophene rings is 1. The highest BCUT2D eigenvalue weighted by molar-refractivity contribution is 7.13. The summed E-state index contributed by atoms with van der Waals surface area (Å²) >= 11 is 1.55. The highest BCUT2D eigenvalue weighted by atomic mass is 32.1. The number of rotatable bonds is 6. The van der Waals surface area contributed by atoms with Gasteiger partial charge in [-0.15, -0.1) is 11.3 Å². The van der Waals surface area contributed by atoms with Gasteiger partial charge in [0, 0.05) is 11.4 Å². The third kappa shape index (κ3) is 4.08. The molecule has 2 heterocycles. The predicted molar refractivity (Wildman–Crippen MR) is 103 cm³/mol. The third-order valence-corrected chi connectivity index (χ3v) is 4.96. The van der Waals surface area contributed by atoms with Crippen molar-refractivity contribution in [3.63, 3.8) is 0 Å². The van der Waals surface area contributed by atoms with Crippen molar-refractivity contribution in [2.45, 2.75) is 26.3 Å². The van der Waals surface area contributed by atoms with Crippen molar-refractivity contribution in [1.29, 1.82) is 0 Å². The van der Waals surface area contributed by atoms with Gasteiger partial charge >= 0.3 is 5.97 Å². The minimum atomic E-state index is -0.527. The van der Waals surface area contributed by atoms with E-state index in [4.69, 9.17) is 4.74 Å². The normalized spacial score (nSPS) is 11.9. The first kappa shape index (κ1) is 18.1. The monoisotopic (exact) mass is 368 g/mol. The zero-order valence-corrected chi connectivity index (χ0v) is 15.5. The Morgan fingerprint density at radius 1 is 1.23 bits per heavy atom. The molecule has 26 heavy (non-hydrogen) atoms. The summed E-state index contributed by atoms with van der Waals surface area (Å²) in [6, 6.07) is 13.1. The Morgan fingerprint density at radius 2 is 2.04 bits per heavy atom. The van der Waals surface area contributed by atoms with Gasteiger partial charge in [-0.3, -0.25) is 4.79 Å². The van der Waals surface area contributed by atoms with Gasteiger partial charge in [-0.1, -0.05) is 31.2 Å². The van der Waals surface area contributed by atoms with E-state index in [1.165, 1.54) is 0 Å². The average molecular weight is 368 g/mol. The maximum Gasteiger partial charge on any atom is 0.339 e. The van der Waals surface area contributed by atoms with Crippen molar-refractivity contribution >= 4 is 34.1 Å². The minimum absolute atomic E-state index is 0.0494. The van der Waals surface area contributed by atoms with E-state index in [1.807, 2.05) is 55.6 Å². The summed E-state index contributed by atoms with van der Waals surface area (Å²) in [5.74, 6) is -0.828. The number of nitrogens with zero attached hydrogens (tertiary/aromatic N) is 1. The van der Waals surface area contributed by atoms with Gasteiger partial charge in [0.1, 0.15) is 0 Å². The molecule has 3 rings (SSSR count). The Kier molecular flexibility index (Phi) is 5.63. The van der Waals surface area contributed by atoms with Gasteiger partial charge in [-0.25, -0.2) is 9.78 Å². The molecule has 0 unspecified atom stereocenters. The molecule has 6 heteroatoms. The van der Waals surface area contributed by atoms with Crippen LogP contribution in [0.15, 0.2) is 47.8 Å². The van der Waals surface area contributed by atoms with Gasteiger partial charge in [0.25, 0.3) is 5.91 Å². The number of nitrogens with one attached hydrogen (secondary N) is 1. The number of fused-ring (bicyclic) bond motifs is 1. The van der Waals surface area contributed by atoms with Crippen LogP contribution < -0.4 is 5.32 Å². The number of amides is 1. The Balaban J connectivity index is 1.86. The average Bonchev–Trinajstić information content (AvgIpc) is 3.20. The molecule has 1 N–H and O–H groups in total. The molecule has 1 aromatic carbocycles. The van der Waals surface area contributed by atoms with Gasteiger partial charge in [0.15, 0.2) is 6.61 Å². The van der Waals surface area contributed by atoms with Crippen LogP contribution in [-0.4, -0.2) is 29.5 Å². The number of carbonyl (C=O) groups is 2. The molecule has 0 aliphatic carbocycles. The van der Waals surface area contributed by atoms with Crippen LogP contribution in [0, 0.1) is 0 Å². The van der Waals surface area contributed by atoms with Crippen molar-refractivity contribution in [3.8, 4) is 10.6 Å². The second kappa shape index (κ2) is 8.10. The number of hydrogen-bond donors (Lipinski definition) is 1. The van der Waals surface area contributed by atoms with Crippen molar-refractivity contribution in [2.75, 3.05) is 6.61 Å². The molecular weight excluding hydrogens is 348 g/mol. The van der Waals surface area contributed by atoms with E-state index in [2.05, 4.69) is 10.3 Å². The topological polar surface area (TPSA) is 68.3 Å². The maximum absolute atomic E-state index is 12.6. The number of esters is 1. The summed E-state index contributed by atoms with van der Waals surface area (Å²) in [4.78, 5) is 30.1. The molecule has 0 radical (unpaired) electrons. The molecule has 2 aromatic heterocycles. The number of hydrogen-bond acceptors (Lipinski definition) is 5. The lowest BCUT2D eigenvalue weighted by molar-refractivity contribution is -0.124. The van der Waals surface area contributed by atoms with Gasteiger partial charge in [-0.2, -0.15) is 0 Å². The van der Waals surface area contributed by atoms with Gasteiger partial charge < -0.3 is 10.1 Å². The van der Waals surface area contributed by atoms with Crippen LogP contribution >= 0.6 is 11.3 Å². The molecule has 3 aromatic rings. The van der Waals surface area contributed by atoms with E-state index < -0.39 is 5.97 Å². The molecule has 0 spiro atoms. The van der Waals surface area contributed by atoms with Crippen molar-refractivity contribution in [3.05, 3.63) is 53.4 Å². The number of ether oxygens (including phenoxy) is 1. The minimum Gasteiger partial charge on any atom is -0.452 e. The number of benzene rings is 1. The van der Waals surface area contributed by atoms with Crippen LogP contribution in [0.25, 0.3) is 21.5 Å². The summed E-state index contributed by atoms with van der Waals surface area (Å²) in [5.41, 5.74) is 1.85. The third-order valence-electron chi connectivity index (χ3n) is 4.06. The first-order valence-corrected chi connectivity index (χ1v) is 9.36. The molecule has 0 saturated heterocycles. The lowest BCUT2D eigenvalue weighted by atomic mass is 10.1. The molecule has 0 saturated carbocycles. The Bertz CT molecular complexity index is 922. The van der Waals surface area contributed by atoms with E-state index in [1.54, 1.807) is 17.4 Å². The summed E-state index contributed by atoms with van der Waals surface area (Å²) in [5, 5.41) is 5.45. The van der Waals surface area contributed by atoms with Gasteiger partial charge in [-0.05, 0) is 36.9 Å². The molecule has 0 fully saturated rings. The molecule has 0 aliphatic heterocycles. The molecule has 1 atom stereocenters. The van der Waals surface area contributed by atoms with E-state index in [-0.39, 0.29) is 18.6 Å². The molecule has 0 aliphatic rings. The van der Waals surface area contributed by atoms with Gasteiger partial charge in [0.2, 0.25) is 0 Å². The number of carbonyl (C=O) groups excluding carboxylic acids is 2. The van der Waals surface area contributed by atoms with Crippen LogP contribution in [0.5, 0.6) is 0 Å². The first-order chi connectivity index (χ1) is 12.6. The smallest absolute Gasteiger partial charge is 0.339 e. The number of para-hydroxylation sites is 1. The highest BCUT2D eigenvalue weighted by Crippen LogP contribution is 2.28. The van der Waals surface area contributed by atoms with E-state index >= 15 is 0 Å². The Hall–Kier alpha value is -2.73. The van der Waals surface area contributed by atoms with Crippen molar-refractivity contribution < 1.29 is 14.3 Å². The molecule has 1 amide bonds. The summed E-state index contributed by atoms with van der Waals surface area (Å²) in [7, 11) is 0. The van der Waals surface area contributed by atoms with Crippen LogP contribution in [0.4, 0.5) is 0 Å². The summed E-state index contributed by atoms with van der Waals surface area (Å²) < 4.78 is 5.24. The summed E-state index contributed by atoms with van der Waals surface area (Å²) in [6.45, 7) is 3.59. The predicted octanol–water partition coefficient (Wildman–Crippen LogP) is 4.03. The second-order valence-corrected chi connectivity index (χ2v) is 6.95. The lowest BCUT2D eigenvalue weighted by Gasteiger charge is -2.12. The van der Waals surface area contributed by atoms with E-state index in [0.29, 0.717) is 10.9 Å². The fraction of sp³-hybridized carbons (Fsp3) is 0.250. The van der Waals surface area contributed by atoms with Crippen LogP contribution in [0.3, 0.4) is 0 Å². The van der Waals surface area contributed by atoms with Gasteiger partial charge in [0.05, 0.1) is 21.7 Å². The standard InChI is InChI=1S/C20H20N2O3S/c1-3-13(2)21-19(23)12-25-20(24)15-11-17(18-9-6-10-26-18)22-16-8-5-4-7-14(15)16/h4-11,13H,3,12H2,1-2H3,(H,21,23)/t13-/m1/s1. The van der Waals surface area contributed by atoms with E-state index in [0.717, 1.165) is 22.5 Å². The number of aromatic nitrogens is 1. The van der Waals surface area contributed by atoms with E-state index in [9.17, 15) is 9.59 Å². The maximum atomic E-state index is 12.6. The highest BCUT2D eigenvalue weighted by Gasteiger charge is 2.17. The van der Waals surface area contributed by atoms with Crippen molar-refractivity contribution in [2.24, 2.45) is 0 Å². The zero-order valence-electron chi connectivity index (χ0n) is 14.7. The fourth-order valence-electron chi connectivity index (χ4n) is 2.52. The molecular formula is C20H20N2O3S. The Labute approximate surface area is 156 Å². The van der Waals surface area contributed by atoms with Crippen LogP contribution in [-0.2, 0) is 9.53 Å². The quantitative estimate of drug-likeness (QED) is 0.667. The molecule has 0 bridgehead atoms. The van der Waals surface area contributed by atoms with Crippen molar-refractivity contribution in [1.82, 2.24) is 10.3 Å². The largest absolute Gasteiger partial charge is 0.452 e. The first-order valence-electron chi connectivity index (χ1n) is 8.48. The fourth-order valence-corrected chi connectivity index (χ4v) is 3.21. The molecule has 5 nitrogen and oxygen atoms in total. The van der Waals surface area contributed by atoms with Crippen LogP contribution in [0.2, 0.25) is 0 Å². The lowest BCUT2D eigenvalue weighted by Crippen LogP contribution is -2.35. The zero-order chi connectivity index (χ0) is 18.5. The second-order valence-electron chi connectivity index (χ2n) is 6.00. The number of pyridine rings is 1. The SMILES string of the molecule is CC[C@@H](C)NC(=O)COC(=O)c1cc(-c2cccs2)nc2ccccc12. The Morgan fingerprint density at radius 3 is 2.77 bits per heavy atom.